The number of halogens is 2. The van der Waals surface area contributed by atoms with Gasteiger partial charge in [-0.15, -0.1) is 0 Å². The molecule has 9 nitrogen and oxygen atoms in total. The second-order valence-corrected chi connectivity index (χ2v) is 9.04. The van der Waals surface area contributed by atoms with Gasteiger partial charge >= 0.3 is 0 Å². The molecule has 4 aromatic rings. The van der Waals surface area contributed by atoms with Gasteiger partial charge in [-0.2, -0.15) is 5.10 Å². The lowest BCUT2D eigenvalue weighted by Gasteiger charge is -2.39. The molecule has 176 valence electrons. The molecular formula is C23H24ClFN8O. The summed E-state index contributed by atoms with van der Waals surface area (Å²) in [5.41, 5.74) is 1.68. The third-order valence-corrected chi connectivity index (χ3v) is 6.60. The van der Waals surface area contributed by atoms with Crippen molar-refractivity contribution >= 4 is 28.6 Å². The highest BCUT2D eigenvalue weighted by Crippen LogP contribution is 2.31. The zero-order valence-electron chi connectivity index (χ0n) is 19.3. The number of aryl methyl sites for hydroxylation is 2. The normalized spacial score (nSPS) is 17.0. The lowest BCUT2D eigenvalue weighted by molar-refractivity contribution is 0.220. The first-order valence-corrected chi connectivity index (χ1v) is 11.2. The van der Waals surface area contributed by atoms with Gasteiger partial charge in [0.15, 0.2) is 5.52 Å². The van der Waals surface area contributed by atoms with Crippen LogP contribution in [0.1, 0.15) is 17.4 Å². The molecule has 0 bridgehead atoms. The summed E-state index contributed by atoms with van der Waals surface area (Å²) < 4.78 is 18.2. The number of hydrogen-bond acceptors (Lipinski definition) is 7. The van der Waals surface area contributed by atoms with Gasteiger partial charge in [0.25, 0.3) is 5.56 Å². The fraction of sp³-hybridized carbons (Fsp3) is 0.348. The summed E-state index contributed by atoms with van der Waals surface area (Å²) in [6.07, 6.45) is 3.84. The van der Waals surface area contributed by atoms with Crippen LogP contribution in [0.25, 0.3) is 22.3 Å². The van der Waals surface area contributed by atoms with E-state index in [4.69, 9.17) is 16.6 Å². The smallest absolute Gasteiger partial charge is 0.279 e. The largest absolute Gasteiger partial charge is 0.338 e. The minimum Gasteiger partial charge on any atom is -0.338 e. The zero-order valence-corrected chi connectivity index (χ0v) is 20.1. The molecule has 1 atom stereocenters. The summed E-state index contributed by atoms with van der Waals surface area (Å²) >= 11 is 5.98. The standard InChI is InChI=1S/C23H24ClFN8O/c1-13-27-20-19(16-6-5-15(24)9-17(16)25)28-23(29-21(20)22(34)32(13)4)33-8-7-30(2)18(12-33)14-10-26-31(3)11-14/h5-6,9-11,18H,7-8,12H2,1-4H3/t18-/m1/s1. The summed E-state index contributed by atoms with van der Waals surface area (Å²) in [5, 5.41) is 4.58. The van der Waals surface area contributed by atoms with E-state index in [0.717, 1.165) is 12.1 Å². The lowest BCUT2D eigenvalue weighted by atomic mass is 10.1. The molecule has 11 heteroatoms. The van der Waals surface area contributed by atoms with Crippen molar-refractivity contribution in [2.45, 2.75) is 13.0 Å². The van der Waals surface area contributed by atoms with Crippen molar-refractivity contribution < 1.29 is 4.39 Å². The lowest BCUT2D eigenvalue weighted by Crippen LogP contribution is -2.47. The van der Waals surface area contributed by atoms with Crippen molar-refractivity contribution in [2.75, 3.05) is 31.6 Å². The van der Waals surface area contributed by atoms with Crippen molar-refractivity contribution in [1.29, 1.82) is 0 Å². The molecule has 0 amide bonds. The summed E-state index contributed by atoms with van der Waals surface area (Å²) in [6.45, 7) is 3.72. The monoisotopic (exact) mass is 482 g/mol. The van der Waals surface area contributed by atoms with Gasteiger partial charge in [0.2, 0.25) is 5.95 Å². The second-order valence-electron chi connectivity index (χ2n) is 8.61. The molecule has 1 aliphatic rings. The molecule has 0 N–H and O–H groups in total. The van der Waals surface area contributed by atoms with Crippen LogP contribution in [0.3, 0.4) is 0 Å². The van der Waals surface area contributed by atoms with Crippen molar-refractivity contribution in [1.82, 2.24) is 34.2 Å². The van der Waals surface area contributed by atoms with E-state index in [1.165, 1.54) is 10.6 Å². The summed E-state index contributed by atoms with van der Waals surface area (Å²) in [6, 6.07) is 4.44. The Hall–Kier alpha value is -3.37. The maximum atomic E-state index is 15.0. The van der Waals surface area contributed by atoms with Gasteiger partial charge in [-0.1, -0.05) is 11.6 Å². The van der Waals surface area contributed by atoms with E-state index in [1.807, 2.05) is 24.3 Å². The van der Waals surface area contributed by atoms with Crippen molar-refractivity contribution in [3.8, 4) is 11.3 Å². The molecule has 0 aliphatic carbocycles. The van der Waals surface area contributed by atoms with Gasteiger partial charge in [-0.05, 0) is 32.2 Å². The first-order valence-electron chi connectivity index (χ1n) is 10.9. The molecule has 1 saturated heterocycles. The van der Waals surface area contributed by atoms with E-state index < -0.39 is 5.82 Å². The van der Waals surface area contributed by atoms with Gasteiger partial charge < -0.3 is 4.90 Å². The van der Waals surface area contributed by atoms with Gasteiger partial charge in [0.1, 0.15) is 22.9 Å². The molecule has 1 aliphatic heterocycles. The van der Waals surface area contributed by atoms with Crippen LogP contribution in [0.15, 0.2) is 35.4 Å². The van der Waals surface area contributed by atoms with E-state index in [-0.39, 0.29) is 38.9 Å². The minimum absolute atomic E-state index is 0.0661. The molecule has 0 unspecified atom stereocenters. The van der Waals surface area contributed by atoms with Crippen LogP contribution in [0.4, 0.5) is 10.3 Å². The van der Waals surface area contributed by atoms with E-state index in [0.29, 0.717) is 24.9 Å². The highest BCUT2D eigenvalue weighted by atomic mass is 35.5. The maximum Gasteiger partial charge on any atom is 0.279 e. The van der Waals surface area contributed by atoms with Gasteiger partial charge in [-0.3, -0.25) is 18.9 Å². The highest BCUT2D eigenvalue weighted by Gasteiger charge is 2.29. The van der Waals surface area contributed by atoms with Crippen LogP contribution >= 0.6 is 11.6 Å². The van der Waals surface area contributed by atoms with Gasteiger partial charge in [0, 0.05) is 56.1 Å². The van der Waals surface area contributed by atoms with Crippen LogP contribution in [-0.4, -0.2) is 60.9 Å². The molecule has 34 heavy (non-hydrogen) atoms. The van der Waals surface area contributed by atoms with Crippen molar-refractivity contribution in [3.05, 3.63) is 63.2 Å². The average Bonchev–Trinajstić information content (AvgIpc) is 3.24. The fourth-order valence-electron chi connectivity index (χ4n) is 4.28. The quantitative estimate of drug-likeness (QED) is 0.444. The molecule has 4 heterocycles. The zero-order chi connectivity index (χ0) is 24.1. The second kappa shape index (κ2) is 8.44. The van der Waals surface area contributed by atoms with Crippen LogP contribution < -0.4 is 10.5 Å². The maximum absolute atomic E-state index is 15.0. The molecule has 5 rings (SSSR count). The van der Waals surface area contributed by atoms with Gasteiger partial charge in [-0.25, -0.2) is 19.3 Å². The summed E-state index contributed by atoms with van der Waals surface area (Å²) in [4.78, 5) is 31.3. The SMILES string of the molecule is Cc1nc2c(-c3ccc(Cl)cc3F)nc(N3CCN(C)[C@@H](c4cnn(C)c4)C3)nc2c(=O)n1C. The predicted molar refractivity (Wildman–Crippen MR) is 129 cm³/mol. The Bertz CT molecular complexity index is 1470. The molecule has 0 radical (unpaired) electrons. The average molecular weight is 483 g/mol. The Morgan fingerprint density at radius 1 is 1.09 bits per heavy atom. The molecular weight excluding hydrogens is 459 g/mol. The number of likely N-dealkylation sites (N-methyl/N-ethyl adjacent to an activating group) is 1. The summed E-state index contributed by atoms with van der Waals surface area (Å²) in [5.74, 6) is 0.312. The van der Waals surface area contributed by atoms with E-state index in [2.05, 4.69) is 27.0 Å². The summed E-state index contributed by atoms with van der Waals surface area (Å²) in [7, 11) is 5.59. The minimum atomic E-state index is -0.537. The predicted octanol–water partition coefficient (Wildman–Crippen LogP) is 2.72. The Morgan fingerprint density at radius 3 is 2.59 bits per heavy atom. The van der Waals surface area contributed by atoms with Gasteiger partial charge in [0.05, 0.1) is 12.2 Å². The molecule has 0 saturated carbocycles. The number of anilines is 1. The van der Waals surface area contributed by atoms with Crippen LogP contribution in [-0.2, 0) is 14.1 Å². The number of piperazine rings is 1. The topological polar surface area (TPSA) is 85.0 Å². The Labute approximate surface area is 200 Å². The number of rotatable bonds is 3. The molecule has 1 aromatic carbocycles. The van der Waals surface area contributed by atoms with E-state index in [1.54, 1.807) is 30.8 Å². The molecule has 1 fully saturated rings. The highest BCUT2D eigenvalue weighted by molar-refractivity contribution is 6.30. The van der Waals surface area contributed by atoms with Crippen molar-refractivity contribution in [2.24, 2.45) is 14.1 Å². The number of nitrogens with zero attached hydrogens (tertiary/aromatic N) is 8. The van der Waals surface area contributed by atoms with E-state index in [9.17, 15) is 9.18 Å². The number of fused-ring (bicyclic) bond motifs is 1. The first-order chi connectivity index (χ1) is 16.2. The first kappa shape index (κ1) is 22.4. The van der Waals surface area contributed by atoms with Crippen LogP contribution in [0, 0.1) is 12.7 Å². The number of hydrogen-bond donors (Lipinski definition) is 0. The fourth-order valence-corrected chi connectivity index (χ4v) is 4.44. The molecule has 3 aromatic heterocycles. The Balaban J connectivity index is 1.68. The molecule has 0 spiro atoms. The number of aromatic nitrogens is 6. The Morgan fingerprint density at radius 2 is 1.88 bits per heavy atom. The Kier molecular flexibility index (Phi) is 5.57. The third-order valence-electron chi connectivity index (χ3n) is 6.37. The number of benzene rings is 1. The van der Waals surface area contributed by atoms with Crippen LogP contribution in [0.2, 0.25) is 5.02 Å². The van der Waals surface area contributed by atoms with Crippen LogP contribution in [0.5, 0.6) is 0 Å². The van der Waals surface area contributed by atoms with Crippen molar-refractivity contribution in [3.63, 3.8) is 0 Å². The van der Waals surface area contributed by atoms with E-state index >= 15 is 0 Å². The third kappa shape index (κ3) is 3.82.